The molecule has 1 fully saturated rings. The third-order valence-electron chi connectivity index (χ3n) is 2.31. The zero-order valence-electron chi connectivity index (χ0n) is 7.56. The minimum atomic E-state index is -3.25. The van der Waals surface area contributed by atoms with Crippen LogP contribution in [0.1, 0.15) is 19.8 Å². The van der Waals surface area contributed by atoms with Crippen LogP contribution in [-0.2, 0) is 14.6 Å². The molecule has 0 radical (unpaired) electrons. The fraction of sp³-hybridized carbons (Fsp3) is 0.875. The molecule has 0 saturated carbocycles. The van der Waals surface area contributed by atoms with Crippen molar-refractivity contribution in [3.8, 4) is 6.07 Å². The van der Waals surface area contributed by atoms with Gasteiger partial charge in [0.1, 0.15) is 5.25 Å². The lowest BCUT2D eigenvalue weighted by Crippen LogP contribution is -2.34. The third-order valence-corrected chi connectivity index (χ3v) is 4.80. The Balaban J connectivity index is 2.75. The molecule has 0 amide bonds. The maximum atomic E-state index is 11.6. The first-order chi connectivity index (χ1) is 6.09. The van der Waals surface area contributed by atoms with Gasteiger partial charge < -0.3 is 4.74 Å². The van der Waals surface area contributed by atoms with E-state index in [0.29, 0.717) is 26.1 Å². The fourth-order valence-corrected chi connectivity index (χ4v) is 2.94. The van der Waals surface area contributed by atoms with Crippen LogP contribution in [0.25, 0.3) is 0 Å². The van der Waals surface area contributed by atoms with Gasteiger partial charge in [-0.15, -0.1) is 0 Å². The monoisotopic (exact) mass is 203 g/mol. The summed E-state index contributed by atoms with van der Waals surface area (Å²) in [4.78, 5) is 0. The molecule has 0 aliphatic carbocycles. The summed E-state index contributed by atoms with van der Waals surface area (Å²) in [6.07, 6.45) is 1.04. The van der Waals surface area contributed by atoms with Gasteiger partial charge >= 0.3 is 0 Å². The van der Waals surface area contributed by atoms with E-state index >= 15 is 0 Å². The Kier molecular flexibility index (Phi) is 3.28. The average Bonchev–Trinajstić information content (AvgIpc) is 2.18. The Hall–Kier alpha value is -0.600. The molecule has 0 N–H and O–H groups in total. The molecule has 4 nitrogen and oxygen atoms in total. The summed E-state index contributed by atoms with van der Waals surface area (Å²) in [6.45, 7) is 2.41. The van der Waals surface area contributed by atoms with Gasteiger partial charge in [0, 0.05) is 13.2 Å². The van der Waals surface area contributed by atoms with E-state index in [0.717, 1.165) is 0 Å². The molecule has 1 heterocycles. The summed E-state index contributed by atoms with van der Waals surface area (Å²) < 4.78 is 28.3. The highest BCUT2D eigenvalue weighted by atomic mass is 32.2. The van der Waals surface area contributed by atoms with Gasteiger partial charge in [-0.2, -0.15) is 5.26 Å². The number of ether oxygens (including phenoxy) is 1. The summed E-state index contributed by atoms with van der Waals surface area (Å²) >= 11 is 0. The number of nitriles is 1. The molecule has 1 unspecified atom stereocenters. The van der Waals surface area contributed by atoms with Crippen molar-refractivity contribution in [2.45, 2.75) is 30.3 Å². The van der Waals surface area contributed by atoms with E-state index < -0.39 is 15.1 Å². The van der Waals surface area contributed by atoms with Crippen molar-refractivity contribution in [2.75, 3.05) is 13.2 Å². The van der Waals surface area contributed by atoms with E-state index in [1.807, 2.05) is 0 Å². The van der Waals surface area contributed by atoms with Crippen molar-refractivity contribution in [3.63, 3.8) is 0 Å². The van der Waals surface area contributed by atoms with Crippen LogP contribution < -0.4 is 0 Å². The number of sulfone groups is 1. The summed E-state index contributed by atoms with van der Waals surface area (Å²) in [6, 6.07) is 1.77. The Morgan fingerprint density at radius 3 is 2.46 bits per heavy atom. The molecular formula is C8H13NO3S. The van der Waals surface area contributed by atoms with Crippen LogP contribution in [0, 0.1) is 11.3 Å². The lowest BCUT2D eigenvalue weighted by molar-refractivity contribution is 0.0983. The van der Waals surface area contributed by atoms with E-state index in [1.54, 1.807) is 6.07 Å². The second-order valence-electron chi connectivity index (χ2n) is 3.17. The molecule has 0 aromatic rings. The molecule has 5 heteroatoms. The van der Waals surface area contributed by atoms with E-state index in [2.05, 4.69) is 0 Å². The molecule has 0 bridgehead atoms. The highest BCUT2D eigenvalue weighted by molar-refractivity contribution is 7.92. The highest BCUT2D eigenvalue weighted by Crippen LogP contribution is 2.19. The Morgan fingerprint density at radius 1 is 1.46 bits per heavy atom. The van der Waals surface area contributed by atoms with Gasteiger partial charge in [-0.1, -0.05) is 0 Å². The molecular weight excluding hydrogens is 190 g/mol. The first-order valence-electron chi connectivity index (χ1n) is 4.29. The first kappa shape index (κ1) is 10.5. The molecule has 0 aromatic carbocycles. The summed E-state index contributed by atoms with van der Waals surface area (Å²) in [5.41, 5.74) is 0. The second-order valence-corrected chi connectivity index (χ2v) is 5.72. The van der Waals surface area contributed by atoms with Crippen molar-refractivity contribution in [2.24, 2.45) is 0 Å². The minimum Gasteiger partial charge on any atom is -0.381 e. The van der Waals surface area contributed by atoms with E-state index in [9.17, 15) is 8.42 Å². The van der Waals surface area contributed by atoms with Gasteiger partial charge in [-0.05, 0) is 19.8 Å². The smallest absolute Gasteiger partial charge is 0.169 e. The lowest BCUT2D eigenvalue weighted by Gasteiger charge is -2.22. The molecule has 1 aliphatic heterocycles. The second kappa shape index (κ2) is 4.07. The van der Waals surface area contributed by atoms with Gasteiger partial charge in [-0.3, -0.25) is 0 Å². The largest absolute Gasteiger partial charge is 0.381 e. The van der Waals surface area contributed by atoms with Crippen LogP contribution in [0.4, 0.5) is 0 Å². The predicted molar refractivity (Wildman–Crippen MR) is 47.8 cm³/mol. The zero-order valence-corrected chi connectivity index (χ0v) is 8.38. The molecule has 13 heavy (non-hydrogen) atoms. The fourth-order valence-electron chi connectivity index (χ4n) is 1.37. The molecule has 1 atom stereocenters. The molecule has 0 spiro atoms. The van der Waals surface area contributed by atoms with Crippen LogP contribution >= 0.6 is 0 Å². The zero-order chi connectivity index (χ0) is 9.90. The van der Waals surface area contributed by atoms with Gasteiger partial charge in [0.25, 0.3) is 0 Å². The van der Waals surface area contributed by atoms with E-state index in [-0.39, 0.29) is 5.25 Å². The average molecular weight is 203 g/mol. The SMILES string of the molecule is CC(C#N)S(=O)(=O)C1CCOCC1. The van der Waals surface area contributed by atoms with Crippen LogP contribution in [-0.4, -0.2) is 32.1 Å². The van der Waals surface area contributed by atoms with Crippen molar-refractivity contribution >= 4 is 9.84 Å². The number of nitrogens with zero attached hydrogens (tertiary/aromatic N) is 1. The van der Waals surface area contributed by atoms with Crippen LogP contribution in [0.5, 0.6) is 0 Å². The molecule has 1 saturated heterocycles. The quantitative estimate of drug-likeness (QED) is 0.655. The van der Waals surface area contributed by atoms with Crippen LogP contribution in [0.15, 0.2) is 0 Å². The van der Waals surface area contributed by atoms with E-state index in [4.69, 9.17) is 10.00 Å². The van der Waals surface area contributed by atoms with Gasteiger partial charge in [-0.25, -0.2) is 8.42 Å². The Labute approximate surface area is 78.4 Å². The molecule has 1 rings (SSSR count). The maximum Gasteiger partial charge on any atom is 0.169 e. The topological polar surface area (TPSA) is 67.2 Å². The van der Waals surface area contributed by atoms with Crippen molar-refractivity contribution in [1.82, 2.24) is 0 Å². The number of hydrogen-bond donors (Lipinski definition) is 0. The van der Waals surface area contributed by atoms with Gasteiger partial charge in [0.2, 0.25) is 0 Å². The number of hydrogen-bond acceptors (Lipinski definition) is 4. The number of rotatable bonds is 2. The highest BCUT2D eigenvalue weighted by Gasteiger charge is 2.32. The van der Waals surface area contributed by atoms with Crippen molar-refractivity contribution in [3.05, 3.63) is 0 Å². The third kappa shape index (κ3) is 2.20. The van der Waals surface area contributed by atoms with Gasteiger partial charge in [0.15, 0.2) is 9.84 Å². The van der Waals surface area contributed by atoms with Gasteiger partial charge in [0.05, 0.1) is 11.3 Å². The van der Waals surface area contributed by atoms with Crippen molar-refractivity contribution in [1.29, 1.82) is 5.26 Å². The minimum absolute atomic E-state index is 0.379. The van der Waals surface area contributed by atoms with Crippen molar-refractivity contribution < 1.29 is 13.2 Å². The van der Waals surface area contributed by atoms with E-state index in [1.165, 1.54) is 6.92 Å². The maximum absolute atomic E-state index is 11.6. The summed E-state index contributed by atoms with van der Waals surface area (Å²) in [5.74, 6) is 0. The Morgan fingerprint density at radius 2 is 2.00 bits per heavy atom. The standard InChI is InChI=1S/C8H13NO3S/c1-7(6-9)13(10,11)8-2-4-12-5-3-8/h7-8H,2-5H2,1H3. The molecule has 0 aromatic heterocycles. The Bertz CT molecular complexity index is 298. The summed E-state index contributed by atoms with van der Waals surface area (Å²) in [7, 11) is -3.25. The molecule has 1 aliphatic rings. The predicted octanol–water partition coefficient (Wildman–Crippen LogP) is 0.492. The molecule has 74 valence electrons. The lowest BCUT2D eigenvalue weighted by atomic mass is 10.2. The first-order valence-corrected chi connectivity index (χ1v) is 5.90. The van der Waals surface area contributed by atoms with Crippen LogP contribution in [0.2, 0.25) is 0 Å². The summed E-state index contributed by atoms with van der Waals surface area (Å²) in [5, 5.41) is 7.27. The van der Waals surface area contributed by atoms with Crippen LogP contribution in [0.3, 0.4) is 0 Å². The normalized spacial score (nSPS) is 22.2.